The average molecular weight is 183 g/mol. The number of nitrogens with two attached hydrogens (primary N) is 1. The number of hydrogen-bond donors (Lipinski definition) is 2. The molecule has 0 aliphatic carbocycles. The molecule has 1 atom stereocenters. The highest BCUT2D eigenvalue weighted by Crippen LogP contribution is 2.17. The summed E-state index contributed by atoms with van der Waals surface area (Å²) in [5.74, 6) is 0. The Balaban J connectivity index is 1.83. The van der Waals surface area contributed by atoms with Crippen LogP contribution in [0.25, 0.3) is 0 Å². The van der Waals surface area contributed by atoms with Crippen molar-refractivity contribution < 1.29 is 0 Å². The lowest BCUT2D eigenvalue weighted by Gasteiger charge is -2.39. The zero-order valence-corrected chi connectivity index (χ0v) is 8.34. The molecular formula is C10H21N3. The average Bonchev–Trinajstić information content (AvgIpc) is 2.19. The Morgan fingerprint density at radius 2 is 1.92 bits per heavy atom. The molecule has 76 valence electrons. The van der Waals surface area contributed by atoms with Crippen LogP contribution in [-0.2, 0) is 0 Å². The molecule has 0 spiro atoms. The molecule has 0 radical (unpaired) electrons. The lowest BCUT2D eigenvalue weighted by molar-refractivity contribution is 0.124. The number of rotatable bonds is 1. The van der Waals surface area contributed by atoms with Gasteiger partial charge in [-0.2, -0.15) is 0 Å². The Labute approximate surface area is 80.7 Å². The van der Waals surface area contributed by atoms with E-state index in [1.54, 1.807) is 0 Å². The van der Waals surface area contributed by atoms with Crippen LogP contribution in [-0.4, -0.2) is 43.2 Å². The highest BCUT2D eigenvalue weighted by Gasteiger charge is 2.24. The summed E-state index contributed by atoms with van der Waals surface area (Å²) >= 11 is 0. The van der Waals surface area contributed by atoms with Crippen molar-refractivity contribution in [2.45, 2.75) is 37.8 Å². The Hall–Kier alpha value is -0.120. The van der Waals surface area contributed by atoms with Gasteiger partial charge in [0.1, 0.15) is 0 Å². The first kappa shape index (κ1) is 9.44. The van der Waals surface area contributed by atoms with Crippen molar-refractivity contribution >= 4 is 0 Å². The zero-order valence-electron chi connectivity index (χ0n) is 8.34. The molecule has 0 aromatic carbocycles. The molecule has 2 saturated heterocycles. The summed E-state index contributed by atoms with van der Waals surface area (Å²) in [7, 11) is 0. The van der Waals surface area contributed by atoms with E-state index in [4.69, 9.17) is 5.73 Å². The fraction of sp³-hybridized carbons (Fsp3) is 1.00. The van der Waals surface area contributed by atoms with Crippen molar-refractivity contribution in [3.63, 3.8) is 0 Å². The van der Waals surface area contributed by atoms with E-state index in [1.807, 2.05) is 0 Å². The van der Waals surface area contributed by atoms with Crippen molar-refractivity contribution in [1.82, 2.24) is 10.2 Å². The predicted octanol–water partition coefficient (Wildman–Crippen LogP) is 0.162. The van der Waals surface area contributed by atoms with Crippen LogP contribution >= 0.6 is 0 Å². The van der Waals surface area contributed by atoms with Crippen molar-refractivity contribution in [3.05, 3.63) is 0 Å². The van der Waals surface area contributed by atoms with Crippen LogP contribution in [0.5, 0.6) is 0 Å². The molecule has 2 aliphatic heterocycles. The standard InChI is InChI=1S/C10H21N3/c11-9-2-1-7-13(8-9)10-3-5-12-6-4-10/h9-10,12H,1-8,11H2/t9-/m1/s1. The predicted molar refractivity (Wildman–Crippen MR) is 54.7 cm³/mol. The molecule has 0 unspecified atom stereocenters. The van der Waals surface area contributed by atoms with E-state index in [1.165, 1.54) is 45.3 Å². The van der Waals surface area contributed by atoms with Gasteiger partial charge in [0.15, 0.2) is 0 Å². The minimum atomic E-state index is 0.434. The van der Waals surface area contributed by atoms with Gasteiger partial charge in [-0.15, -0.1) is 0 Å². The van der Waals surface area contributed by atoms with Crippen molar-refractivity contribution in [2.24, 2.45) is 5.73 Å². The van der Waals surface area contributed by atoms with Gasteiger partial charge in [-0.25, -0.2) is 0 Å². The third-order valence-corrected chi connectivity index (χ3v) is 3.31. The van der Waals surface area contributed by atoms with Gasteiger partial charge in [0.2, 0.25) is 0 Å². The van der Waals surface area contributed by atoms with Crippen LogP contribution in [0.1, 0.15) is 25.7 Å². The molecule has 2 aliphatic rings. The fourth-order valence-electron chi connectivity index (χ4n) is 2.54. The Bertz CT molecular complexity index is 154. The van der Waals surface area contributed by atoms with Crippen LogP contribution in [0.4, 0.5) is 0 Å². The summed E-state index contributed by atoms with van der Waals surface area (Å²) in [5.41, 5.74) is 5.97. The third kappa shape index (κ3) is 2.42. The van der Waals surface area contributed by atoms with Crippen molar-refractivity contribution in [3.8, 4) is 0 Å². The normalized spacial score (nSPS) is 33.5. The second-order valence-electron chi connectivity index (χ2n) is 4.38. The third-order valence-electron chi connectivity index (χ3n) is 3.31. The highest BCUT2D eigenvalue weighted by molar-refractivity contribution is 4.83. The first-order valence-corrected chi connectivity index (χ1v) is 5.56. The van der Waals surface area contributed by atoms with Gasteiger partial charge in [-0.1, -0.05) is 0 Å². The number of hydrogen-bond acceptors (Lipinski definition) is 3. The second kappa shape index (κ2) is 4.40. The maximum atomic E-state index is 5.97. The van der Waals surface area contributed by atoms with E-state index >= 15 is 0 Å². The van der Waals surface area contributed by atoms with Crippen LogP contribution in [0.15, 0.2) is 0 Å². The minimum Gasteiger partial charge on any atom is -0.327 e. The molecule has 3 N–H and O–H groups in total. The largest absolute Gasteiger partial charge is 0.327 e. The smallest absolute Gasteiger partial charge is 0.0168 e. The first-order chi connectivity index (χ1) is 6.36. The molecule has 2 fully saturated rings. The number of piperidine rings is 2. The number of nitrogens with one attached hydrogen (secondary N) is 1. The molecule has 13 heavy (non-hydrogen) atoms. The van der Waals surface area contributed by atoms with E-state index < -0.39 is 0 Å². The first-order valence-electron chi connectivity index (χ1n) is 5.56. The molecule has 2 heterocycles. The quantitative estimate of drug-likeness (QED) is 0.608. The SMILES string of the molecule is N[C@@H]1CCCN(C2CCNCC2)C1. The molecule has 0 aromatic rings. The van der Waals surface area contributed by atoms with E-state index in [0.717, 1.165) is 12.6 Å². The van der Waals surface area contributed by atoms with Crippen LogP contribution in [0, 0.1) is 0 Å². The maximum Gasteiger partial charge on any atom is 0.0168 e. The van der Waals surface area contributed by atoms with Gasteiger partial charge in [0.05, 0.1) is 0 Å². The van der Waals surface area contributed by atoms with Crippen molar-refractivity contribution in [1.29, 1.82) is 0 Å². The van der Waals surface area contributed by atoms with Crippen LogP contribution in [0.2, 0.25) is 0 Å². The van der Waals surface area contributed by atoms with Gasteiger partial charge in [0, 0.05) is 18.6 Å². The summed E-state index contributed by atoms with van der Waals surface area (Å²) in [5, 5.41) is 3.41. The lowest BCUT2D eigenvalue weighted by atomic mass is 9.99. The highest BCUT2D eigenvalue weighted by atomic mass is 15.2. The van der Waals surface area contributed by atoms with Gasteiger partial charge in [-0.05, 0) is 45.3 Å². The summed E-state index contributed by atoms with van der Waals surface area (Å²) in [6.45, 7) is 4.79. The van der Waals surface area contributed by atoms with Gasteiger partial charge < -0.3 is 11.1 Å². The van der Waals surface area contributed by atoms with Crippen LogP contribution in [0.3, 0.4) is 0 Å². The molecule has 2 rings (SSSR count). The number of nitrogens with zero attached hydrogens (tertiary/aromatic N) is 1. The molecule has 0 amide bonds. The Kier molecular flexibility index (Phi) is 3.19. The van der Waals surface area contributed by atoms with E-state index in [0.29, 0.717) is 6.04 Å². The molecule has 3 nitrogen and oxygen atoms in total. The maximum absolute atomic E-state index is 5.97. The summed E-state index contributed by atoms with van der Waals surface area (Å²) < 4.78 is 0. The number of likely N-dealkylation sites (tertiary alicyclic amines) is 1. The molecule has 0 bridgehead atoms. The molecule has 3 heteroatoms. The fourth-order valence-corrected chi connectivity index (χ4v) is 2.54. The topological polar surface area (TPSA) is 41.3 Å². The Morgan fingerprint density at radius 3 is 2.62 bits per heavy atom. The monoisotopic (exact) mass is 183 g/mol. The minimum absolute atomic E-state index is 0.434. The van der Waals surface area contributed by atoms with Gasteiger partial charge in [0.25, 0.3) is 0 Å². The second-order valence-corrected chi connectivity index (χ2v) is 4.38. The van der Waals surface area contributed by atoms with Gasteiger partial charge in [-0.3, -0.25) is 4.90 Å². The lowest BCUT2D eigenvalue weighted by Crippen LogP contribution is -2.50. The molecular weight excluding hydrogens is 162 g/mol. The van der Waals surface area contributed by atoms with Gasteiger partial charge >= 0.3 is 0 Å². The van der Waals surface area contributed by atoms with Crippen LogP contribution < -0.4 is 11.1 Å². The van der Waals surface area contributed by atoms with E-state index in [2.05, 4.69) is 10.2 Å². The van der Waals surface area contributed by atoms with E-state index in [9.17, 15) is 0 Å². The molecule has 0 aromatic heterocycles. The zero-order chi connectivity index (χ0) is 9.10. The van der Waals surface area contributed by atoms with E-state index in [-0.39, 0.29) is 0 Å². The van der Waals surface area contributed by atoms with Crippen molar-refractivity contribution in [2.75, 3.05) is 26.2 Å². The summed E-state index contributed by atoms with van der Waals surface area (Å²) in [4.78, 5) is 2.61. The Morgan fingerprint density at radius 1 is 1.15 bits per heavy atom. The summed E-state index contributed by atoms with van der Waals surface area (Å²) in [6, 6.07) is 1.25. The molecule has 0 saturated carbocycles. The summed E-state index contributed by atoms with van der Waals surface area (Å²) in [6.07, 6.45) is 5.14.